The number of nitro benzene ring substituents is 1. The van der Waals surface area contributed by atoms with Crippen LogP contribution in [0.5, 0.6) is 0 Å². The number of nitro groups is 1. The van der Waals surface area contributed by atoms with Crippen molar-refractivity contribution in [1.82, 2.24) is 0 Å². The molecule has 0 amide bonds. The molecule has 1 aromatic carbocycles. The van der Waals surface area contributed by atoms with Gasteiger partial charge in [-0.3, -0.25) is 10.1 Å². The average Bonchev–Trinajstić information content (AvgIpc) is 2.45. The maximum atomic E-state index is 11.8. The third kappa shape index (κ3) is 5.15. The first-order valence-electron chi connectivity index (χ1n) is 7.14. The molecular formula is C14H19BrN2O5S. The van der Waals surface area contributed by atoms with E-state index in [0.717, 1.165) is 0 Å². The Bertz CT molecular complexity index is 686. The number of nitrogens with one attached hydrogen (secondary N) is 1. The highest BCUT2D eigenvalue weighted by Gasteiger charge is 2.36. The highest BCUT2D eigenvalue weighted by molar-refractivity contribution is 9.10. The van der Waals surface area contributed by atoms with Crippen LogP contribution in [0.4, 0.5) is 11.4 Å². The summed E-state index contributed by atoms with van der Waals surface area (Å²) >= 11 is 3.21. The molecule has 0 aromatic heterocycles. The van der Waals surface area contributed by atoms with Gasteiger partial charge in [0, 0.05) is 42.0 Å². The van der Waals surface area contributed by atoms with E-state index < -0.39 is 20.2 Å². The summed E-state index contributed by atoms with van der Waals surface area (Å²) in [5.41, 5.74) is -0.120. The molecule has 1 N–H and O–H groups in total. The van der Waals surface area contributed by atoms with Crippen LogP contribution in [0.25, 0.3) is 0 Å². The van der Waals surface area contributed by atoms with Gasteiger partial charge in [-0.1, -0.05) is 15.9 Å². The van der Waals surface area contributed by atoms with Crippen LogP contribution in [0.2, 0.25) is 0 Å². The number of nitrogens with zero attached hydrogens (tertiary/aromatic N) is 1. The van der Waals surface area contributed by atoms with Crippen molar-refractivity contribution >= 4 is 37.1 Å². The number of rotatable bonds is 6. The van der Waals surface area contributed by atoms with E-state index in [4.69, 9.17) is 4.74 Å². The maximum Gasteiger partial charge on any atom is 0.293 e. The van der Waals surface area contributed by atoms with Crippen molar-refractivity contribution in [3.05, 3.63) is 32.8 Å². The lowest BCUT2D eigenvalue weighted by atomic mass is 9.82. The zero-order chi connectivity index (χ0) is 17.1. The van der Waals surface area contributed by atoms with Gasteiger partial charge in [0.1, 0.15) is 15.5 Å². The molecular weight excluding hydrogens is 388 g/mol. The second-order valence-electron chi connectivity index (χ2n) is 5.95. The fourth-order valence-electron chi connectivity index (χ4n) is 2.82. The Hall–Kier alpha value is -1.19. The Morgan fingerprint density at radius 2 is 2.04 bits per heavy atom. The number of halogens is 1. The van der Waals surface area contributed by atoms with Crippen molar-refractivity contribution in [1.29, 1.82) is 0 Å². The maximum absolute atomic E-state index is 11.8. The molecule has 1 heterocycles. The fraction of sp³-hybridized carbons (Fsp3) is 0.571. The summed E-state index contributed by atoms with van der Waals surface area (Å²) in [5, 5.41) is 14.2. The molecule has 0 spiro atoms. The lowest BCUT2D eigenvalue weighted by molar-refractivity contribution is -0.384. The fourth-order valence-corrected chi connectivity index (χ4v) is 4.67. The molecule has 1 aromatic rings. The summed E-state index contributed by atoms with van der Waals surface area (Å²) in [4.78, 5) is 10.7. The molecule has 0 atom stereocenters. The molecule has 1 aliphatic rings. The first-order chi connectivity index (χ1) is 10.7. The summed E-state index contributed by atoms with van der Waals surface area (Å²) in [7, 11) is -3.16. The van der Waals surface area contributed by atoms with Crippen molar-refractivity contribution in [2.45, 2.75) is 12.8 Å². The van der Waals surface area contributed by atoms with Gasteiger partial charge in [0.2, 0.25) is 0 Å². The highest BCUT2D eigenvalue weighted by Crippen LogP contribution is 2.34. The number of ether oxygens (including phenoxy) is 1. The number of hydrogen-bond acceptors (Lipinski definition) is 6. The molecule has 0 bridgehead atoms. The summed E-state index contributed by atoms with van der Waals surface area (Å²) in [6, 6.07) is 4.76. The minimum absolute atomic E-state index is 0.0408. The van der Waals surface area contributed by atoms with Crippen molar-refractivity contribution in [3.8, 4) is 0 Å². The van der Waals surface area contributed by atoms with Crippen LogP contribution in [-0.2, 0) is 14.6 Å². The van der Waals surface area contributed by atoms with E-state index >= 15 is 0 Å². The third-order valence-corrected chi connectivity index (χ3v) is 5.56. The van der Waals surface area contributed by atoms with E-state index in [2.05, 4.69) is 21.2 Å². The van der Waals surface area contributed by atoms with Crippen molar-refractivity contribution in [3.63, 3.8) is 0 Å². The molecule has 0 aliphatic carbocycles. The molecule has 2 rings (SSSR count). The van der Waals surface area contributed by atoms with Gasteiger partial charge in [-0.05, 0) is 25.0 Å². The molecule has 23 heavy (non-hydrogen) atoms. The van der Waals surface area contributed by atoms with E-state index in [-0.39, 0.29) is 11.4 Å². The van der Waals surface area contributed by atoms with E-state index in [1.165, 1.54) is 12.3 Å². The van der Waals surface area contributed by atoms with Crippen molar-refractivity contribution < 1.29 is 18.1 Å². The minimum Gasteiger partial charge on any atom is -0.381 e. The summed E-state index contributed by atoms with van der Waals surface area (Å²) in [6.45, 7) is 1.35. The summed E-state index contributed by atoms with van der Waals surface area (Å²) in [5.74, 6) is 0.0423. The molecule has 9 heteroatoms. The lowest BCUT2D eigenvalue weighted by Gasteiger charge is -2.36. The Morgan fingerprint density at radius 1 is 1.39 bits per heavy atom. The Morgan fingerprint density at radius 3 is 2.61 bits per heavy atom. The van der Waals surface area contributed by atoms with Gasteiger partial charge in [-0.25, -0.2) is 8.42 Å². The average molecular weight is 407 g/mol. The van der Waals surface area contributed by atoms with Gasteiger partial charge in [-0.2, -0.15) is 0 Å². The quantitative estimate of drug-likeness (QED) is 0.575. The van der Waals surface area contributed by atoms with E-state index in [0.29, 0.717) is 42.8 Å². The van der Waals surface area contributed by atoms with E-state index in [1.807, 2.05) is 0 Å². The number of sulfone groups is 1. The number of anilines is 1. The molecule has 1 aliphatic heterocycles. The highest BCUT2D eigenvalue weighted by atomic mass is 79.9. The van der Waals surface area contributed by atoms with Crippen LogP contribution < -0.4 is 5.32 Å². The molecule has 0 radical (unpaired) electrons. The van der Waals surface area contributed by atoms with Crippen LogP contribution in [0.15, 0.2) is 22.7 Å². The second kappa shape index (κ2) is 7.14. The lowest BCUT2D eigenvalue weighted by Crippen LogP contribution is -2.41. The summed E-state index contributed by atoms with van der Waals surface area (Å²) in [6.07, 6.45) is 2.43. The van der Waals surface area contributed by atoms with Crippen LogP contribution in [-0.4, -0.2) is 45.1 Å². The molecule has 1 fully saturated rings. The first kappa shape index (κ1) is 18.2. The zero-order valence-electron chi connectivity index (χ0n) is 12.7. The Labute approximate surface area is 143 Å². The van der Waals surface area contributed by atoms with Gasteiger partial charge < -0.3 is 10.1 Å². The van der Waals surface area contributed by atoms with Gasteiger partial charge in [-0.15, -0.1) is 0 Å². The zero-order valence-corrected chi connectivity index (χ0v) is 15.2. The van der Waals surface area contributed by atoms with Crippen LogP contribution in [0.1, 0.15) is 12.8 Å². The van der Waals surface area contributed by atoms with Crippen LogP contribution >= 0.6 is 15.9 Å². The van der Waals surface area contributed by atoms with E-state index in [9.17, 15) is 18.5 Å². The smallest absolute Gasteiger partial charge is 0.293 e. The molecule has 0 unspecified atom stereocenters. The molecule has 0 saturated carbocycles. The standard InChI is InChI=1S/C14H19BrN2O5S/c1-23(20,21)10-14(4-6-22-7-5-14)9-16-12-3-2-11(15)8-13(12)17(18)19/h2-3,8,16H,4-7,9-10H2,1H3. The second-order valence-corrected chi connectivity index (χ2v) is 9.01. The van der Waals surface area contributed by atoms with Crippen molar-refractivity contribution in [2.75, 3.05) is 37.1 Å². The monoisotopic (exact) mass is 406 g/mol. The predicted octanol–water partition coefficient (Wildman–Crippen LogP) is 2.61. The van der Waals surface area contributed by atoms with Crippen molar-refractivity contribution in [2.24, 2.45) is 5.41 Å². The Balaban J connectivity index is 2.20. The van der Waals surface area contributed by atoms with E-state index in [1.54, 1.807) is 12.1 Å². The van der Waals surface area contributed by atoms with Gasteiger partial charge >= 0.3 is 0 Å². The minimum atomic E-state index is -3.16. The first-order valence-corrected chi connectivity index (χ1v) is 9.99. The largest absolute Gasteiger partial charge is 0.381 e. The molecule has 1 saturated heterocycles. The van der Waals surface area contributed by atoms with Crippen LogP contribution in [0.3, 0.4) is 0 Å². The normalized spacial score (nSPS) is 17.7. The predicted molar refractivity (Wildman–Crippen MR) is 91.5 cm³/mol. The SMILES string of the molecule is CS(=O)(=O)CC1(CNc2ccc(Br)cc2[N+](=O)[O-])CCOCC1. The third-order valence-electron chi connectivity index (χ3n) is 3.93. The number of benzene rings is 1. The molecule has 7 nitrogen and oxygen atoms in total. The van der Waals surface area contributed by atoms with Gasteiger partial charge in [0.25, 0.3) is 5.69 Å². The number of hydrogen-bond donors (Lipinski definition) is 1. The Kier molecular flexibility index (Phi) is 5.64. The molecule has 128 valence electrons. The topological polar surface area (TPSA) is 98.5 Å². The summed E-state index contributed by atoms with van der Waals surface area (Å²) < 4.78 is 29.5. The van der Waals surface area contributed by atoms with Crippen LogP contribution in [0, 0.1) is 15.5 Å². The van der Waals surface area contributed by atoms with Gasteiger partial charge in [0.15, 0.2) is 0 Å². The van der Waals surface area contributed by atoms with Gasteiger partial charge in [0.05, 0.1) is 10.7 Å².